The first-order chi connectivity index (χ1) is 11.4. The van der Waals surface area contributed by atoms with Crippen molar-refractivity contribution in [2.45, 2.75) is 26.7 Å². The van der Waals surface area contributed by atoms with Crippen molar-refractivity contribution < 1.29 is 4.79 Å². The van der Waals surface area contributed by atoms with E-state index < -0.39 is 0 Å². The third-order valence-electron chi connectivity index (χ3n) is 4.26. The van der Waals surface area contributed by atoms with E-state index in [0.717, 1.165) is 28.1 Å². The van der Waals surface area contributed by atoms with Crippen LogP contribution >= 0.6 is 0 Å². The summed E-state index contributed by atoms with van der Waals surface area (Å²) in [5.74, 6) is 0.185. The highest BCUT2D eigenvalue weighted by Crippen LogP contribution is 2.27. The van der Waals surface area contributed by atoms with Gasteiger partial charge in [0.05, 0.1) is 16.6 Å². The summed E-state index contributed by atoms with van der Waals surface area (Å²) in [5.41, 5.74) is 3.99. The van der Waals surface area contributed by atoms with Gasteiger partial charge in [0.1, 0.15) is 0 Å². The second-order valence-corrected chi connectivity index (χ2v) is 6.36. The summed E-state index contributed by atoms with van der Waals surface area (Å²) >= 11 is 0. The molecule has 0 bridgehead atoms. The molecule has 0 aliphatic carbocycles. The molecule has 2 aromatic heterocycles. The minimum absolute atomic E-state index is 0.0494. The molecule has 3 rings (SSSR count). The van der Waals surface area contributed by atoms with Gasteiger partial charge in [-0.25, -0.2) is 4.98 Å². The number of carbonyl (C=O) groups excluding carboxylic acids is 1. The molecule has 1 aromatic carbocycles. The number of hydrogen-bond donors (Lipinski definition) is 0. The van der Waals surface area contributed by atoms with Crippen molar-refractivity contribution >= 4 is 22.6 Å². The number of pyridine rings is 1. The van der Waals surface area contributed by atoms with Gasteiger partial charge < -0.3 is 4.90 Å². The number of aromatic nitrogens is 3. The molecule has 0 unspecified atom stereocenters. The normalized spacial score (nSPS) is 11.2. The Morgan fingerprint density at radius 1 is 1.21 bits per heavy atom. The molecule has 0 aliphatic rings. The van der Waals surface area contributed by atoms with Crippen LogP contribution in [-0.4, -0.2) is 27.7 Å². The van der Waals surface area contributed by atoms with Crippen LogP contribution in [0.15, 0.2) is 36.4 Å². The lowest BCUT2D eigenvalue weighted by Crippen LogP contribution is -2.26. The number of rotatable bonds is 3. The molecule has 0 N–H and O–H groups in total. The molecule has 2 heterocycles. The lowest BCUT2D eigenvalue weighted by atomic mass is 10.0. The standard InChI is InChI=1S/C19H22N4O/c1-12(2)16-11-15(17-13(3)21-23(5)18(17)20-16)19(24)22(4)14-9-7-6-8-10-14/h6-12H,1-5H3. The molecule has 0 aliphatic heterocycles. The maximum atomic E-state index is 13.2. The Morgan fingerprint density at radius 3 is 2.50 bits per heavy atom. The SMILES string of the molecule is Cc1nn(C)c2nc(C(C)C)cc(C(=O)N(C)c3ccccc3)c12. The third kappa shape index (κ3) is 2.66. The van der Waals surface area contributed by atoms with Crippen molar-refractivity contribution in [1.29, 1.82) is 0 Å². The van der Waals surface area contributed by atoms with Crippen molar-refractivity contribution in [3.63, 3.8) is 0 Å². The minimum Gasteiger partial charge on any atom is -0.311 e. The Balaban J connectivity index is 2.19. The smallest absolute Gasteiger partial charge is 0.258 e. The molecule has 3 aromatic rings. The predicted octanol–water partition coefficient (Wildman–Crippen LogP) is 3.68. The molecule has 0 fully saturated rings. The lowest BCUT2D eigenvalue weighted by Gasteiger charge is -2.19. The first kappa shape index (κ1) is 16.2. The molecule has 5 nitrogen and oxygen atoms in total. The molecule has 0 atom stereocenters. The van der Waals surface area contributed by atoms with E-state index in [1.807, 2.05) is 50.4 Å². The number of hydrogen-bond acceptors (Lipinski definition) is 3. The summed E-state index contributed by atoms with van der Waals surface area (Å²) in [4.78, 5) is 19.5. The predicted molar refractivity (Wildman–Crippen MR) is 96.5 cm³/mol. The zero-order valence-corrected chi connectivity index (χ0v) is 14.7. The molecule has 124 valence electrons. The summed E-state index contributed by atoms with van der Waals surface area (Å²) < 4.78 is 1.75. The van der Waals surface area contributed by atoms with Gasteiger partial charge >= 0.3 is 0 Å². The molecule has 0 radical (unpaired) electrons. The van der Waals surface area contributed by atoms with E-state index in [0.29, 0.717) is 5.56 Å². The van der Waals surface area contributed by atoms with Crippen molar-refractivity contribution in [2.75, 3.05) is 11.9 Å². The van der Waals surface area contributed by atoms with Crippen LogP contribution in [0.25, 0.3) is 11.0 Å². The number of para-hydroxylation sites is 1. The van der Waals surface area contributed by atoms with Gasteiger partial charge in [0.2, 0.25) is 0 Å². The van der Waals surface area contributed by atoms with Gasteiger partial charge in [0, 0.05) is 25.5 Å². The van der Waals surface area contributed by atoms with E-state index in [9.17, 15) is 4.79 Å². The number of nitrogens with zero attached hydrogens (tertiary/aromatic N) is 4. The number of fused-ring (bicyclic) bond motifs is 1. The topological polar surface area (TPSA) is 51.0 Å². The summed E-state index contributed by atoms with van der Waals surface area (Å²) in [6.45, 7) is 6.07. The largest absolute Gasteiger partial charge is 0.311 e. The molecule has 5 heteroatoms. The van der Waals surface area contributed by atoms with E-state index in [1.165, 1.54) is 0 Å². The first-order valence-corrected chi connectivity index (χ1v) is 8.07. The zero-order chi connectivity index (χ0) is 17.4. The maximum Gasteiger partial charge on any atom is 0.258 e. The number of carbonyl (C=O) groups is 1. The van der Waals surface area contributed by atoms with Crippen LogP contribution in [-0.2, 0) is 7.05 Å². The monoisotopic (exact) mass is 322 g/mol. The van der Waals surface area contributed by atoms with Crippen LogP contribution in [0.4, 0.5) is 5.69 Å². The van der Waals surface area contributed by atoms with Gasteiger partial charge in [0.15, 0.2) is 5.65 Å². The average molecular weight is 322 g/mol. The first-order valence-electron chi connectivity index (χ1n) is 8.07. The van der Waals surface area contributed by atoms with Crippen LogP contribution in [0.1, 0.15) is 41.5 Å². The molecule has 0 saturated carbocycles. The Morgan fingerprint density at radius 2 is 1.88 bits per heavy atom. The number of benzene rings is 1. The fourth-order valence-electron chi connectivity index (χ4n) is 2.88. The van der Waals surface area contributed by atoms with Crippen LogP contribution in [0.3, 0.4) is 0 Å². The number of amides is 1. The highest BCUT2D eigenvalue weighted by Gasteiger charge is 2.22. The molecule has 0 spiro atoms. The van der Waals surface area contributed by atoms with E-state index >= 15 is 0 Å². The summed E-state index contributed by atoms with van der Waals surface area (Å²) in [6.07, 6.45) is 0. The average Bonchev–Trinajstić information content (AvgIpc) is 2.88. The fourth-order valence-corrected chi connectivity index (χ4v) is 2.88. The molecule has 1 amide bonds. The summed E-state index contributed by atoms with van der Waals surface area (Å²) in [6, 6.07) is 11.6. The summed E-state index contributed by atoms with van der Waals surface area (Å²) in [5, 5.41) is 5.28. The van der Waals surface area contributed by atoms with Crippen LogP contribution < -0.4 is 4.90 Å². The highest BCUT2D eigenvalue weighted by molar-refractivity contribution is 6.13. The van der Waals surface area contributed by atoms with Gasteiger partial charge in [-0.3, -0.25) is 9.48 Å². The van der Waals surface area contributed by atoms with Gasteiger partial charge in [-0.05, 0) is 31.0 Å². The van der Waals surface area contributed by atoms with Gasteiger partial charge in [-0.15, -0.1) is 0 Å². The van der Waals surface area contributed by atoms with Gasteiger partial charge in [0.25, 0.3) is 5.91 Å². The molecular weight excluding hydrogens is 300 g/mol. The quantitative estimate of drug-likeness (QED) is 0.739. The van der Waals surface area contributed by atoms with Gasteiger partial charge in [-0.2, -0.15) is 5.10 Å². The van der Waals surface area contributed by atoms with Crippen molar-refractivity contribution in [1.82, 2.24) is 14.8 Å². The lowest BCUT2D eigenvalue weighted by molar-refractivity contribution is 0.0994. The van der Waals surface area contributed by atoms with Crippen LogP contribution in [0, 0.1) is 6.92 Å². The molecule has 24 heavy (non-hydrogen) atoms. The van der Waals surface area contributed by atoms with E-state index in [-0.39, 0.29) is 11.8 Å². The highest BCUT2D eigenvalue weighted by atomic mass is 16.2. The van der Waals surface area contributed by atoms with Crippen molar-refractivity contribution in [3.05, 3.63) is 53.3 Å². The Hall–Kier alpha value is -2.69. The van der Waals surface area contributed by atoms with Crippen LogP contribution in [0.2, 0.25) is 0 Å². The van der Waals surface area contributed by atoms with Crippen molar-refractivity contribution in [3.8, 4) is 0 Å². The van der Waals surface area contributed by atoms with E-state index in [1.54, 1.807) is 16.6 Å². The molecular formula is C19H22N4O. The maximum absolute atomic E-state index is 13.2. The number of anilines is 1. The second kappa shape index (κ2) is 6.07. The Kier molecular flexibility index (Phi) is 4.09. The van der Waals surface area contributed by atoms with Crippen LogP contribution in [0.5, 0.6) is 0 Å². The van der Waals surface area contributed by atoms with Gasteiger partial charge in [-0.1, -0.05) is 32.0 Å². The Bertz CT molecular complexity index is 897. The van der Waals surface area contributed by atoms with Crippen molar-refractivity contribution in [2.24, 2.45) is 7.05 Å². The fraction of sp³-hybridized carbons (Fsp3) is 0.316. The van der Waals surface area contributed by atoms with E-state index in [2.05, 4.69) is 18.9 Å². The Labute approximate surface area is 141 Å². The zero-order valence-electron chi connectivity index (χ0n) is 14.7. The van der Waals surface area contributed by atoms with E-state index in [4.69, 9.17) is 4.98 Å². The summed E-state index contributed by atoms with van der Waals surface area (Å²) in [7, 11) is 3.66. The molecule has 0 saturated heterocycles. The second-order valence-electron chi connectivity index (χ2n) is 6.36. The third-order valence-corrected chi connectivity index (χ3v) is 4.26. The number of aryl methyl sites for hydroxylation is 2. The minimum atomic E-state index is -0.0494.